The first-order valence-electron chi connectivity index (χ1n) is 14.5. The van der Waals surface area contributed by atoms with Crippen LogP contribution in [0.3, 0.4) is 0 Å². The number of rotatable bonds is 15. The van der Waals surface area contributed by atoms with Gasteiger partial charge in [0.2, 0.25) is 0 Å². The smallest absolute Gasteiger partial charge is 0.389 e. The van der Waals surface area contributed by atoms with E-state index in [1.54, 1.807) is 56.3 Å². The number of nitrogens with two attached hydrogens (primary N) is 2. The van der Waals surface area contributed by atoms with E-state index in [4.69, 9.17) is 30.4 Å². The van der Waals surface area contributed by atoms with Crippen LogP contribution in [0.2, 0.25) is 0 Å². The number of carbonyl (C=O) groups excluding carboxylic acids is 3. The molecule has 4 N–H and O–H groups in total. The van der Waals surface area contributed by atoms with Gasteiger partial charge in [0, 0.05) is 29.3 Å². The van der Waals surface area contributed by atoms with E-state index in [1.165, 1.54) is 36.4 Å². The number of ether oxygens (including phenoxy) is 4. The van der Waals surface area contributed by atoms with Crippen LogP contribution in [-0.4, -0.2) is 43.9 Å². The van der Waals surface area contributed by atoms with Gasteiger partial charge < -0.3 is 30.4 Å². The highest BCUT2D eigenvalue weighted by molar-refractivity contribution is 5.92. The Bertz CT molecular complexity index is 1480. The van der Waals surface area contributed by atoms with Gasteiger partial charge in [0.05, 0.1) is 30.9 Å². The van der Waals surface area contributed by atoms with E-state index in [9.17, 15) is 27.6 Å². The maximum Gasteiger partial charge on any atom is 0.389 e. The summed E-state index contributed by atoms with van der Waals surface area (Å²) in [6.45, 7) is 3.83. The van der Waals surface area contributed by atoms with Crippen molar-refractivity contribution in [3.8, 4) is 11.5 Å². The molecule has 0 aliphatic heterocycles. The highest BCUT2D eigenvalue weighted by Crippen LogP contribution is 2.23. The van der Waals surface area contributed by atoms with E-state index < -0.39 is 35.9 Å². The Morgan fingerprint density at radius 1 is 0.739 bits per heavy atom. The molecule has 0 amide bonds. The number of unbranched alkanes of at least 4 members (excludes halogenated alkanes) is 2. The van der Waals surface area contributed by atoms with Crippen LogP contribution in [0.25, 0.3) is 6.08 Å². The Balaban J connectivity index is 1.38. The molecule has 3 rings (SSSR count). The van der Waals surface area contributed by atoms with Crippen molar-refractivity contribution in [2.24, 2.45) is 5.41 Å². The topological polar surface area (TPSA) is 140 Å². The predicted molar refractivity (Wildman–Crippen MR) is 167 cm³/mol. The summed E-state index contributed by atoms with van der Waals surface area (Å²) in [6.07, 6.45) is -1.18. The molecule has 0 atom stereocenters. The lowest BCUT2D eigenvalue weighted by Crippen LogP contribution is -2.28. The van der Waals surface area contributed by atoms with Gasteiger partial charge >= 0.3 is 24.1 Å². The summed E-state index contributed by atoms with van der Waals surface area (Å²) in [7, 11) is 0. The first-order valence-corrected chi connectivity index (χ1v) is 14.5. The highest BCUT2D eigenvalue weighted by atomic mass is 19.4. The van der Waals surface area contributed by atoms with Crippen molar-refractivity contribution in [1.29, 1.82) is 0 Å². The fourth-order valence-corrected chi connectivity index (χ4v) is 3.95. The van der Waals surface area contributed by atoms with Crippen molar-refractivity contribution < 1.29 is 46.5 Å². The second kappa shape index (κ2) is 16.4. The molecular formula is C34H37F3N2O7. The minimum Gasteiger partial charge on any atom is -0.494 e. The molecule has 46 heavy (non-hydrogen) atoms. The number of halogens is 3. The van der Waals surface area contributed by atoms with Crippen LogP contribution in [0.5, 0.6) is 11.5 Å². The zero-order valence-electron chi connectivity index (χ0n) is 25.6. The van der Waals surface area contributed by atoms with Gasteiger partial charge in [0.25, 0.3) is 0 Å². The lowest BCUT2D eigenvalue weighted by Gasteiger charge is -2.23. The number of benzene rings is 3. The lowest BCUT2D eigenvalue weighted by atomic mass is 9.96. The molecule has 0 bridgehead atoms. The Labute approximate surface area is 265 Å². The third kappa shape index (κ3) is 12.9. The van der Waals surface area contributed by atoms with Gasteiger partial charge in [-0.25, -0.2) is 14.4 Å². The molecule has 0 aromatic heterocycles. The number of carbonyl (C=O) groups is 3. The summed E-state index contributed by atoms with van der Waals surface area (Å²) in [4.78, 5) is 37.1. The van der Waals surface area contributed by atoms with E-state index in [0.717, 1.165) is 0 Å². The molecule has 0 unspecified atom stereocenters. The second-order valence-corrected chi connectivity index (χ2v) is 11.3. The Hall–Kier alpha value is -5.00. The zero-order valence-corrected chi connectivity index (χ0v) is 25.6. The minimum atomic E-state index is -4.14. The summed E-state index contributed by atoms with van der Waals surface area (Å²) in [5.41, 5.74) is 12.6. The van der Waals surface area contributed by atoms with Gasteiger partial charge in [-0.1, -0.05) is 26.0 Å². The fraction of sp³-hybridized carbons (Fsp3) is 0.324. The van der Waals surface area contributed by atoms with E-state index in [2.05, 4.69) is 0 Å². The van der Waals surface area contributed by atoms with E-state index in [1.807, 2.05) is 0 Å². The van der Waals surface area contributed by atoms with Crippen LogP contribution in [0.1, 0.15) is 65.8 Å². The summed E-state index contributed by atoms with van der Waals surface area (Å²) < 4.78 is 58.1. The molecule has 0 saturated heterocycles. The zero-order chi connectivity index (χ0) is 33.7. The Morgan fingerprint density at radius 2 is 1.35 bits per heavy atom. The number of alkyl halides is 3. The second-order valence-electron chi connectivity index (χ2n) is 11.3. The van der Waals surface area contributed by atoms with Crippen molar-refractivity contribution in [3.05, 3.63) is 89.5 Å². The average Bonchev–Trinajstić information content (AvgIpc) is 2.99. The van der Waals surface area contributed by atoms with Crippen LogP contribution in [0.4, 0.5) is 24.5 Å². The van der Waals surface area contributed by atoms with Crippen LogP contribution >= 0.6 is 0 Å². The first-order chi connectivity index (χ1) is 21.7. The first kappa shape index (κ1) is 35.5. The van der Waals surface area contributed by atoms with Crippen LogP contribution < -0.4 is 20.9 Å². The maximum absolute atomic E-state index is 12.5. The molecule has 246 valence electrons. The highest BCUT2D eigenvalue weighted by Gasteiger charge is 2.26. The predicted octanol–water partition coefficient (Wildman–Crippen LogP) is 7.01. The molecule has 0 aliphatic rings. The molecule has 0 aliphatic carbocycles. The largest absolute Gasteiger partial charge is 0.494 e. The van der Waals surface area contributed by atoms with Gasteiger partial charge in [-0.2, -0.15) is 13.2 Å². The van der Waals surface area contributed by atoms with Crippen LogP contribution in [0.15, 0.2) is 72.8 Å². The number of esters is 3. The molecule has 3 aromatic carbocycles. The summed E-state index contributed by atoms with van der Waals surface area (Å²) in [5, 5.41) is 0. The average molecular weight is 643 g/mol. The Kier molecular flexibility index (Phi) is 12.6. The summed E-state index contributed by atoms with van der Waals surface area (Å²) in [5.74, 6) is -0.982. The van der Waals surface area contributed by atoms with Gasteiger partial charge in [-0.3, -0.25) is 0 Å². The van der Waals surface area contributed by atoms with Gasteiger partial charge in [-0.15, -0.1) is 0 Å². The van der Waals surface area contributed by atoms with Crippen LogP contribution in [0, 0.1) is 5.41 Å². The maximum atomic E-state index is 12.5. The lowest BCUT2D eigenvalue weighted by molar-refractivity contribution is -0.141. The van der Waals surface area contributed by atoms with E-state index in [0.29, 0.717) is 41.3 Å². The number of hydrogen-bond donors (Lipinski definition) is 2. The van der Waals surface area contributed by atoms with Gasteiger partial charge in [0.1, 0.15) is 11.5 Å². The third-order valence-electron chi connectivity index (χ3n) is 6.38. The quantitative estimate of drug-likeness (QED) is 0.0589. The van der Waals surface area contributed by atoms with E-state index >= 15 is 0 Å². The van der Waals surface area contributed by atoms with Crippen molar-refractivity contribution >= 4 is 35.4 Å². The molecule has 12 heteroatoms. The van der Waals surface area contributed by atoms with Crippen molar-refractivity contribution in [2.45, 2.75) is 45.7 Å². The monoisotopic (exact) mass is 642 g/mol. The molecule has 0 fully saturated rings. The number of hydrogen-bond acceptors (Lipinski definition) is 9. The standard InChI is InChI=1S/C34H37F3N2O7/c1-33(2,22-45-31(41)25-18-26(38)20-27(39)19-25)21-44-30(40)15-8-23-6-11-29(12-7-23)46-32(42)24-9-13-28(14-10-24)43-17-5-3-4-16-34(35,36)37/h6-15,18-20H,3-5,16-17,21-22,38-39H2,1-2H3/b15-8+. The molecule has 0 heterocycles. The van der Waals surface area contributed by atoms with Crippen molar-refractivity contribution in [1.82, 2.24) is 0 Å². The minimum absolute atomic E-state index is 0.00409. The van der Waals surface area contributed by atoms with Gasteiger partial charge in [0.15, 0.2) is 0 Å². The molecule has 9 nitrogen and oxygen atoms in total. The van der Waals surface area contributed by atoms with Crippen LogP contribution in [-0.2, 0) is 14.3 Å². The normalized spacial score (nSPS) is 11.7. The fourth-order valence-electron chi connectivity index (χ4n) is 3.95. The van der Waals surface area contributed by atoms with Gasteiger partial charge in [-0.05, 0) is 85.5 Å². The number of anilines is 2. The molecular weight excluding hydrogens is 605 g/mol. The van der Waals surface area contributed by atoms with E-state index in [-0.39, 0.29) is 37.4 Å². The number of nitrogen functional groups attached to an aromatic ring is 2. The molecule has 0 saturated carbocycles. The molecule has 3 aromatic rings. The van der Waals surface area contributed by atoms with Crippen molar-refractivity contribution in [3.63, 3.8) is 0 Å². The summed E-state index contributed by atoms with van der Waals surface area (Å²) >= 11 is 0. The summed E-state index contributed by atoms with van der Waals surface area (Å²) in [6, 6.07) is 17.2. The SMILES string of the molecule is CC(C)(COC(=O)/C=C/c1ccc(OC(=O)c2ccc(OCCCCCC(F)(F)F)cc2)cc1)COC(=O)c1cc(N)cc(N)c1. The molecule has 0 spiro atoms. The molecule has 0 radical (unpaired) electrons. The Morgan fingerprint density at radius 3 is 1.98 bits per heavy atom. The third-order valence-corrected chi connectivity index (χ3v) is 6.38. The van der Waals surface area contributed by atoms with Crippen molar-refractivity contribution in [2.75, 3.05) is 31.3 Å².